The molecule has 2 heterocycles. The molecule has 0 saturated heterocycles. The van der Waals surface area contributed by atoms with E-state index in [4.69, 9.17) is 11.6 Å². The molecule has 2 N–H and O–H groups in total. The predicted octanol–water partition coefficient (Wildman–Crippen LogP) is 5.00. The molecule has 3 rings (SSSR count). The molecular formula is C18H19ClN4. The third-order valence-corrected chi connectivity index (χ3v) is 3.94. The average Bonchev–Trinajstić information content (AvgIpc) is 3.00. The van der Waals surface area contributed by atoms with Crippen molar-refractivity contribution < 1.29 is 0 Å². The van der Waals surface area contributed by atoms with Gasteiger partial charge >= 0.3 is 0 Å². The van der Waals surface area contributed by atoms with Gasteiger partial charge in [-0.2, -0.15) is 5.10 Å². The van der Waals surface area contributed by atoms with Gasteiger partial charge in [0.25, 0.3) is 0 Å². The summed E-state index contributed by atoms with van der Waals surface area (Å²) in [4.78, 5) is 4.11. The lowest BCUT2D eigenvalue weighted by molar-refractivity contribution is 0.830. The van der Waals surface area contributed by atoms with Crippen molar-refractivity contribution in [1.82, 2.24) is 15.2 Å². The van der Waals surface area contributed by atoms with E-state index in [1.54, 1.807) is 12.4 Å². The van der Waals surface area contributed by atoms with E-state index >= 15 is 0 Å². The van der Waals surface area contributed by atoms with Crippen molar-refractivity contribution in [2.45, 2.75) is 19.8 Å². The Balaban J connectivity index is 2.04. The molecule has 0 fully saturated rings. The highest BCUT2D eigenvalue weighted by Crippen LogP contribution is 2.36. The molecule has 5 heteroatoms. The normalized spacial score (nSPS) is 10.7. The van der Waals surface area contributed by atoms with E-state index in [1.165, 1.54) is 0 Å². The number of halogens is 1. The number of nitrogens with zero attached hydrogens (tertiary/aromatic N) is 2. The Labute approximate surface area is 140 Å². The molecule has 118 valence electrons. The van der Waals surface area contributed by atoms with E-state index in [0.29, 0.717) is 0 Å². The Morgan fingerprint density at radius 1 is 1.04 bits per heavy atom. The van der Waals surface area contributed by atoms with E-state index < -0.39 is 0 Å². The van der Waals surface area contributed by atoms with Gasteiger partial charge in [-0.25, -0.2) is 0 Å². The van der Waals surface area contributed by atoms with Crippen molar-refractivity contribution in [2.24, 2.45) is 0 Å². The van der Waals surface area contributed by atoms with Crippen LogP contribution in [-0.2, 0) is 0 Å². The fraction of sp³-hybridized carbons (Fsp3) is 0.222. The summed E-state index contributed by atoms with van der Waals surface area (Å²) in [6, 6.07) is 11.8. The number of nitrogens with one attached hydrogen (secondary N) is 2. The van der Waals surface area contributed by atoms with Crippen LogP contribution in [0.1, 0.15) is 19.8 Å². The smallest absolute Gasteiger partial charge is 0.156 e. The Hall–Kier alpha value is -2.33. The van der Waals surface area contributed by atoms with Crippen LogP contribution in [0.4, 0.5) is 5.82 Å². The maximum atomic E-state index is 6.00. The van der Waals surface area contributed by atoms with Crippen molar-refractivity contribution in [3.05, 3.63) is 53.8 Å². The molecule has 0 aliphatic carbocycles. The maximum absolute atomic E-state index is 6.00. The molecule has 0 radical (unpaired) electrons. The monoisotopic (exact) mass is 326 g/mol. The molecule has 1 aromatic carbocycles. The summed E-state index contributed by atoms with van der Waals surface area (Å²) < 4.78 is 0. The third kappa shape index (κ3) is 3.54. The first-order chi connectivity index (χ1) is 11.3. The van der Waals surface area contributed by atoms with Crippen molar-refractivity contribution in [3.8, 4) is 22.4 Å². The Bertz CT molecular complexity index is 750. The average molecular weight is 327 g/mol. The van der Waals surface area contributed by atoms with E-state index in [1.807, 2.05) is 36.4 Å². The van der Waals surface area contributed by atoms with E-state index in [-0.39, 0.29) is 0 Å². The van der Waals surface area contributed by atoms with Gasteiger partial charge in [-0.15, -0.1) is 0 Å². The van der Waals surface area contributed by atoms with Gasteiger partial charge in [0.2, 0.25) is 0 Å². The number of benzene rings is 1. The molecule has 0 amide bonds. The van der Waals surface area contributed by atoms with Crippen LogP contribution in [0.5, 0.6) is 0 Å². The van der Waals surface area contributed by atoms with Gasteiger partial charge in [0, 0.05) is 29.5 Å². The zero-order valence-electron chi connectivity index (χ0n) is 13.0. The van der Waals surface area contributed by atoms with Gasteiger partial charge in [-0.3, -0.25) is 10.1 Å². The SMILES string of the molecule is CCCCNc1n[nH]c(-c2ccc(Cl)cc2)c1-c1ccncc1. The molecule has 4 nitrogen and oxygen atoms in total. The quantitative estimate of drug-likeness (QED) is 0.626. The molecule has 23 heavy (non-hydrogen) atoms. The van der Waals surface area contributed by atoms with Crippen LogP contribution in [0.15, 0.2) is 48.8 Å². The molecule has 0 aliphatic rings. The molecular weight excluding hydrogens is 308 g/mol. The summed E-state index contributed by atoms with van der Waals surface area (Å²) >= 11 is 6.00. The van der Waals surface area contributed by atoms with Gasteiger partial charge in [-0.1, -0.05) is 37.1 Å². The molecule has 0 atom stereocenters. The second-order valence-electron chi connectivity index (χ2n) is 5.35. The molecule has 0 aliphatic heterocycles. The first-order valence-electron chi connectivity index (χ1n) is 7.78. The van der Waals surface area contributed by atoms with Gasteiger partial charge in [0.15, 0.2) is 5.82 Å². The van der Waals surface area contributed by atoms with Crippen molar-refractivity contribution in [2.75, 3.05) is 11.9 Å². The minimum atomic E-state index is 0.722. The number of aromatic amines is 1. The molecule has 2 aromatic heterocycles. The third-order valence-electron chi connectivity index (χ3n) is 3.69. The summed E-state index contributed by atoms with van der Waals surface area (Å²) in [6.07, 6.45) is 5.85. The lowest BCUT2D eigenvalue weighted by Crippen LogP contribution is -2.02. The van der Waals surface area contributed by atoms with Crippen LogP contribution in [0.25, 0.3) is 22.4 Å². The fourth-order valence-corrected chi connectivity index (χ4v) is 2.60. The van der Waals surface area contributed by atoms with Gasteiger partial charge in [-0.05, 0) is 36.2 Å². The number of H-pyrrole nitrogens is 1. The minimum Gasteiger partial charge on any atom is -0.368 e. The zero-order chi connectivity index (χ0) is 16.1. The highest BCUT2D eigenvalue weighted by Gasteiger charge is 2.16. The van der Waals surface area contributed by atoms with Crippen LogP contribution in [0.3, 0.4) is 0 Å². The first-order valence-corrected chi connectivity index (χ1v) is 8.16. The number of anilines is 1. The Morgan fingerprint density at radius 2 is 1.78 bits per heavy atom. The van der Waals surface area contributed by atoms with E-state index in [0.717, 1.165) is 52.6 Å². The topological polar surface area (TPSA) is 53.6 Å². The Morgan fingerprint density at radius 3 is 2.48 bits per heavy atom. The van der Waals surface area contributed by atoms with E-state index in [2.05, 4.69) is 27.4 Å². The van der Waals surface area contributed by atoms with E-state index in [9.17, 15) is 0 Å². The standard InChI is InChI=1S/C18H19ClN4/c1-2-3-10-21-18-16(13-8-11-20-12-9-13)17(22-23-18)14-4-6-15(19)7-5-14/h4-9,11-12H,2-3,10H2,1H3,(H2,21,22,23). The predicted molar refractivity (Wildman–Crippen MR) is 95.7 cm³/mol. The number of aromatic nitrogens is 3. The summed E-state index contributed by atoms with van der Waals surface area (Å²) in [6.45, 7) is 3.08. The minimum absolute atomic E-state index is 0.722. The summed E-state index contributed by atoms with van der Waals surface area (Å²) in [5, 5.41) is 11.8. The summed E-state index contributed by atoms with van der Waals surface area (Å²) in [7, 11) is 0. The van der Waals surface area contributed by atoms with Crippen LogP contribution in [0, 0.1) is 0 Å². The highest BCUT2D eigenvalue weighted by atomic mass is 35.5. The molecule has 3 aromatic rings. The molecule has 0 spiro atoms. The molecule has 0 saturated carbocycles. The lowest BCUT2D eigenvalue weighted by Gasteiger charge is -2.08. The maximum Gasteiger partial charge on any atom is 0.156 e. The van der Waals surface area contributed by atoms with Crippen LogP contribution in [-0.4, -0.2) is 21.7 Å². The van der Waals surface area contributed by atoms with Crippen LogP contribution in [0.2, 0.25) is 5.02 Å². The number of hydrogen-bond donors (Lipinski definition) is 2. The molecule has 0 bridgehead atoms. The second kappa shape index (κ2) is 7.29. The summed E-state index contributed by atoms with van der Waals surface area (Å²) in [5.74, 6) is 0.870. The van der Waals surface area contributed by atoms with Crippen LogP contribution >= 0.6 is 11.6 Å². The summed E-state index contributed by atoms with van der Waals surface area (Å²) in [5.41, 5.74) is 4.17. The Kier molecular flexibility index (Phi) is 4.93. The largest absolute Gasteiger partial charge is 0.368 e. The zero-order valence-corrected chi connectivity index (χ0v) is 13.8. The number of pyridine rings is 1. The van der Waals surface area contributed by atoms with Gasteiger partial charge in [0.1, 0.15) is 0 Å². The number of hydrogen-bond acceptors (Lipinski definition) is 3. The van der Waals surface area contributed by atoms with Gasteiger partial charge in [0.05, 0.1) is 11.3 Å². The van der Waals surface area contributed by atoms with Gasteiger partial charge < -0.3 is 5.32 Å². The lowest BCUT2D eigenvalue weighted by atomic mass is 10.0. The fourth-order valence-electron chi connectivity index (χ4n) is 2.48. The van der Waals surface area contributed by atoms with Crippen molar-refractivity contribution in [3.63, 3.8) is 0 Å². The number of unbranched alkanes of at least 4 members (excludes halogenated alkanes) is 1. The van der Waals surface area contributed by atoms with Crippen molar-refractivity contribution >= 4 is 17.4 Å². The molecule has 0 unspecified atom stereocenters. The second-order valence-corrected chi connectivity index (χ2v) is 5.78. The number of rotatable bonds is 6. The first kappa shape index (κ1) is 15.6. The highest BCUT2D eigenvalue weighted by molar-refractivity contribution is 6.30. The van der Waals surface area contributed by atoms with Crippen LogP contribution < -0.4 is 5.32 Å². The van der Waals surface area contributed by atoms with Crippen molar-refractivity contribution in [1.29, 1.82) is 0 Å².